The predicted molar refractivity (Wildman–Crippen MR) is 147 cm³/mol. The molecule has 0 radical (unpaired) electrons. The molecular weight excluding hydrogens is 558 g/mol. The number of sulfonamides is 1. The van der Waals surface area contributed by atoms with Gasteiger partial charge in [-0.05, 0) is 67.9 Å². The summed E-state index contributed by atoms with van der Waals surface area (Å²) in [6, 6.07) is 21.0. The normalized spacial score (nSPS) is 11.9. The van der Waals surface area contributed by atoms with Gasteiger partial charge in [-0.3, -0.25) is 13.9 Å². The Hall–Kier alpha value is -3.37. The van der Waals surface area contributed by atoms with Crippen molar-refractivity contribution in [1.82, 2.24) is 10.2 Å². The molecule has 0 unspecified atom stereocenters. The summed E-state index contributed by atoms with van der Waals surface area (Å²) < 4.78 is 34.8. The van der Waals surface area contributed by atoms with Crippen molar-refractivity contribution in [2.75, 3.05) is 24.5 Å². The minimum Gasteiger partial charge on any atom is -0.494 e. The van der Waals surface area contributed by atoms with Gasteiger partial charge in [-0.2, -0.15) is 0 Å². The van der Waals surface area contributed by atoms with Crippen molar-refractivity contribution in [3.8, 4) is 5.75 Å². The summed E-state index contributed by atoms with van der Waals surface area (Å²) in [5.74, 6) is -0.295. The lowest BCUT2D eigenvalue weighted by atomic mass is 10.1. The number of nitrogens with zero attached hydrogens (tertiary/aromatic N) is 2. The van der Waals surface area contributed by atoms with E-state index in [1.54, 1.807) is 49.4 Å². The lowest BCUT2D eigenvalue weighted by molar-refractivity contribution is -0.139. The van der Waals surface area contributed by atoms with Crippen molar-refractivity contribution < 1.29 is 22.7 Å². The molecule has 8 nitrogen and oxygen atoms in total. The first kappa shape index (κ1) is 28.2. The summed E-state index contributed by atoms with van der Waals surface area (Å²) in [7, 11) is -2.61. The van der Waals surface area contributed by atoms with Crippen LogP contribution >= 0.6 is 15.9 Å². The number of carbonyl (C=O) groups is 2. The van der Waals surface area contributed by atoms with Gasteiger partial charge in [0.15, 0.2) is 0 Å². The molecule has 0 fully saturated rings. The van der Waals surface area contributed by atoms with Crippen LogP contribution in [0.5, 0.6) is 5.75 Å². The molecule has 3 rings (SSSR count). The van der Waals surface area contributed by atoms with Gasteiger partial charge in [0.05, 0.1) is 17.2 Å². The zero-order valence-electron chi connectivity index (χ0n) is 20.9. The van der Waals surface area contributed by atoms with Gasteiger partial charge in [0.1, 0.15) is 18.3 Å². The Kier molecular flexibility index (Phi) is 9.71. The average Bonchev–Trinajstić information content (AvgIpc) is 2.91. The molecule has 0 bridgehead atoms. The van der Waals surface area contributed by atoms with E-state index in [4.69, 9.17) is 4.74 Å². The molecule has 0 aromatic heterocycles. The predicted octanol–water partition coefficient (Wildman–Crippen LogP) is 4.21. The third kappa shape index (κ3) is 7.11. The highest BCUT2D eigenvalue weighted by molar-refractivity contribution is 9.10. The quantitative estimate of drug-likeness (QED) is 0.362. The fraction of sp³-hybridized carbons (Fsp3) is 0.259. The molecule has 3 aromatic rings. The van der Waals surface area contributed by atoms with Crippen molar-refractivity contribution in [2.24, 2.45) is 0 Å². The van der Waals surface area contributed by atoms with Crippen LogP contribution in [0.2, 0.25) is 0 Å². The minimum absolute atomic E-state index is 0.0514. The van der Waals surface area contributed by atoms with Crippen LogP contribution in [0.4, 0.5) is 5.69 Å². The van der Waals surface area contributed by atoms with E-state index in [1.807, 2.05) is 31.2 Å². The first-order valence-electron chi connectivity index (χ1n) is 11.7. The van der Waals surface area contributed by atoms with Crippen LogP contribution < -0.4 is 14.4 Å². The van der Waals surface area contributed by atoms with Crippen molar-refractivity contribution in [3.63, 3.8) is 0 Å². The van der Waals surface area contributed by atoms with Gasteiger partial charge < -0.3 is 15.0 Å². The Morgan fingerprint density at radius 2 is 1.59 bits per heavy atom. The molecule has 0 aliphatic carbocycles. The van der Waals surface area contributed by atoms with Gasteiger partial charge in [-0.1, -0.05) is 46.3 Å². The van der Waals surface area contributed by atoms with Crippen molar-refractivity contribution >= 4 is 43.5 Å². The second-order valence-electron chi connectivity index (χ2n) is 8.19. The number of amides is 2. The summed E-state index contributed by atoms with van der Waals surface area (Å²) in [5.41, 5.74) is 1.10. The van der Waals surface area contributed by atoms with Crippen molar-refractivity contribution in [2.45, 2.75) is 31.3 Å². The smallest absolute Gasteiger partial charge is 0.264 e. The third-order valence-corrected chi connectivity index (χ3v) is 8.04. The average molecular weight is 589 g/mol. The van der Waals surface area contributed by atoms with E-state index in [1.165, 1.54) is 24.1 Å². The first-order chi connectivity index (χ1) is 17.7. The molecule has 37 heavy (non-hydrogen) atoms. The Bertz CT molecular complexity index is 1300. The molecule has 0 spiro atoms. The highest BCUT2D eigenvalue weighted by atomic mass is 79.9. The van der Waals surface area contributed by atoms with Crippen LogP contribution in [0, 0.1) is 0 Å². The Balaban J connectivity index is 2.01. The van der Waals surface area contributed by atoms with Crippen LogP contribution in [-0.4, -0.2) is 51.4 Å². The molecule has 0 aliphatic rings. The minimum atomic E-state index is -4.10. The number of hydrogen-bond acceptors (Lipinski definition) is 5. The molecule has 0 heterocycles. The summed E-state index contributed by atoms with van der Waals surface area (Å²) in [6.07, 6.45) is 0. The number of nitrogens with one attached hydrogen (secondary N) is 1. The van der Waals surface area contributed by atoms with Crippen molar-refractivity contribution in [3.05, 3.63) is 88.9 Å². The molecule has 196 valence electrons. The summed E-state index contributed by atoms with van der Waals surface area (Å²) in [6.45, 7) is 3.56. The van der Waals surface area contributed by atoms with E-state index in [9.17, 15) is 18.0 Å². The van der Waals surface area contributed by atoms with Crippen LogP contribution in [-0.2, 0) is 26.2 Å². The second-order valence-corrected chi connectivity index (χ2v) is 11.0. The second kappa shape index (κ2) is 12.7. The molecule has 3 aromatic carbocycles. The standard InChI is InChI=1S/C27H30BrN3O5S/c1-4-36-24-16-14-23(15-17-24)31(37(34,35)25-8-6-5-7-9-25)19-26(32)30(20(2)27(33)29-3)18-21-10-12-22(28)13-11-21/h5-17,20H,4,18-19H2,1-3H3,(H,29,33)/t20-/m0/s1. The Morgan fingerprint density at radius 1 is 0.973 bits per heavy atom. The van der Waals surface area contributed by atoms with Crippen LogP contribution in [0.15, 0.2) is 88.2 Å². The van der Waals surface area contributed by atoms with E-state index in [0.717, 1.165) is 14.3 Å². The molecule has 10 heteroatoms. The number of benzene rings is 3. The first-order valence-corrected chi connectivity index (χ1v) is 14.0. The van der Waals surface area contributed by atoms with Crippen LogP contribution in [0.1, 0.15) is 19.4 Å². The number of rotatable bonds is 11. The number of anilines is 1. The monoisotopic (exact) mass is 587 g/mol. The fourth-order valence-electron chi connectivity index (χ4n) is 3.70. The Morgan fingerprint density at radius 3 is 2.16 bits per heavy atom. The van der Waals surface area contributed by atoms with Gasteiger partial charge in [-0.25, -0.2) is 8.42 Å². The van der Waals surface area contributed by atoms with Crippen LogP contribution in [0.3, 0.4) is 0 Å². The molecule has 0 aliphatic heterocycles. The number of hydrogen-bond donors (Lipinski definition) is 1. The molecule has 1 N–H and O–H groups in total. The maximum atomic E-state index is 13.7. The number of carbonyl (C=O) groups excluding carboxylic acids is 2. The lowest BCUT2D eigenvalue weighted by Crippen LogP contribution is -2.50. The third-order valence-electron chi connectivity index (χ3n) is 5.73. The van der Waals surface area contributed by atoms with Gasteiger partial charge in [0.2, 0.25) is 11.8 Å². The largest absolute Gasteiger partial charge is 0.494 e. The maximum absolute atomic E-state index is 13.7. The molecular formula is C27H30BrN3O5S. The summed E-state index contributed by atoms with van der Waals surface area (Å²) in [5, 5.41) is 2.57. The van der Waals surface area contributed by atoms with E-state index >= 15 is 0 Å². The molecule has 1 atom stereocenters. The van der Waals surface area contributed by atoms with Gasteiger partial charge >= 0.3 is 0 Å². The molecule has 2 amide bonds. The SMILES string of the molecule is CCOc1ccc(N(CC(=O)N(Cc2ccc(Br)cc2)[C@@H](C)C(=O)NC)S(=O)(=O)c2ccccc2)cc1. The van der Waals surface area contributed by atoms with Gasteiger partial charge in [-0.15, -0.1) is 0 Å². The summed E-state index contributed by atoms with van der Waals surface area (Å²) in [4.78, 5) is 27.7. The van der Waals surface area contributed by atoms with E-state index in [2.05, 4.69) is 21.2 Å². The number of halogens is 1. The molecule has 0 saturated carbocycles. The highest BCUT2D eigenvalue weighted by Gasteiger charge is 2.32. The zero-order valence-corrected chi connectivity index (χ0v) is 23.3. The molecule has 0 saturated heterocycles. The van der Waals surface area contributed by atoms with Gasteiger partial charge in [0.25, 0.3) is 10.0 Å². The van der Waals surface area contributed by atoms with E-state index in [-0.39, 0.29) is 17.3 Å². The fourth-order valence-corrected chi connectivity index (χ4v) is 5.40. The number of ether oxygens (including phenoxy) is 1. The van der Waals surface area contributed by atoms with E-state index < -0.39 is 28.5 Å². The zero-order chi connectivity index (χ0) is 27.0. The summed E-state index contributed by atoms with van der Waals surface area (Å²) >= 11 is 3.39. The van der Waals surface area contributed by atoms with Gasteiger partial charge in [0, 0.05) is 18.1 Å². The van der Waals surface area contributed by atoms with Crippen LogP contribution in [0.25, 0.3) is 0 Å². The lowest BCUT2D eigenvalue weighted by Gasteiger charge is -2.31. The topological polar surface area (TPSA) is 96.0 Å². The Labute approximate surface area is 226 Å². The maximum Gasteiger partial charge on any atom is 0.264 e. The highest BCUT2D eigenvalue weighted by Crippen LogP contribution is 2.26. The van der Waals surface area contributed by atoms with E-state index in [0.29, 0.717) is 18.0 Å². The van der Waals surface area contributed by atoms with Crippen molar-refractivity contribution in [1.29, 1.82) is 0 Å². The number of likely N-dealkylation sites (N-methyl/N-ethyl adjacent to an activating group) is 1.